The SMILES string of the molecule is O=C(CSc1nc(=O)[nH]c2c1CCCC2)NCCc1ccccc1. The molecule has 0 saturated carbocycles. The number of rotatable bonds is 6. The van der Waals surface area contributed by atoms with E-state index in [0.717, 1.165) is 43.4 Å². The Morgan fingerprint density at radius 3 is 2.83 bits per heavy atom. The number of aromatic nitrogens is 2. The predicted molar refractivity (Wildman–Crippen MR) is 95.4 cm³/mol. The van der Waals surface area contributed by atoms with Crippen molar-refractivity contribution in [2.75, 3.05) is 12.3 Å². The van der Waals surface area contributed by atoms with Gasteiger partial charge in [0.15, 0.2) is 0 Å². The van der Waals surface area contributed by atoms with E-state index >= 15 is 0 Å². The van der Waals surface area contributed by atoms with Gasteiger partial charge in [-0.25, -0.2) is 4.79 Å². The Balaban J connectivity index is 1.51. The molecular weight excluding hydrogens is 322 g/mol. The predicted octanol–water partition coefficient (Wildman–Crippen LogP) is 2.10. The van der Waals surface area contributed by atoms with Crippen LogP contribution in [0.25, 0.3) is 0 Å². The fraction of sp³-hybridized carbons (Fsp3) is 0.389. The van der Waals surface area contributed by atoms with E-state index in [2.05, 4.69) is 15.3 Å². The Hall–Kier alpha value is -2.08. The van der Waals surface area contributed by atoms with Crippen LogP contribution in [-0.2, 0) is 24.1 Å². The molecule has 3 rings (SSSR count). The molecule has 0 radical (unpaired) electrons. The molecule has 2 aromatic rings. The van der Waals surface area contributed by atoms with Gasteiger partial charge >= 0.3 is 5.69 Å². The topological polar surface area (TPSA) is 74.8 Å². The van der Waals surface area contributed by atoms with Crippen LogP contribution in [0, 0.1) is 0 Å². The van der Waals surface area contributed by atoms with Gasteiger partial charge in [-0.2, -0.15) is 4.98 Å². The summed E-state index contributed by atoms with van der Waals surface area (Å²) >= 11 is 1.36. The van der Waals surface area contributed by atoms with Gasteiger partial charge < -0.3 is 10.3 Å². The van der Waals surface area contributed by atoms with Crippen LogP contribution < -0.4 is 11.0 Å². The van der Waals surface area contributed by atoms with Gasteiger partial charge in [-0.05, 0) is 37.7 Å². The lowest BCUT2D eigenvalue weighted by molar-refractivity contribution is -0.118. The van der Waals surface area contributed by atoms with E-state index in [-0.39, 0.29) is 17.3 Å². The summed E-state index contributed by atoms with van der Waals surface area (Å²) in [5.41, 5.74) is 2.99. The number of aryl methyl sites for hydroxylation is 1. The van der Waals surface area contributed by atoms with E-state index in [1.165, 1.54) is 17.3 Å². The Bertz CT molecular complexity index is 759. The van der Waals surface area contributed by atoms with Crippen LogP contribution in [0.5, 0.6) is 0 Å². The Kier molecular flexibility index (Phi) is 5.69. The van der Waals surface area contributed by atoms with Crippen LogP contribution in [0.15, 0.2) is 40.2 Å². The molecule has 126 valence electrons. The van der Waals surface area contributed by atoms with Gasteiger partial charge in [0.05, 0.1) is 5.75 Å². The average Bonchev–Trinajstić information content (AvgIpc) is 2.60. The summed E-state index contributed by atoms with van der Waals surface area (Å²) in [5.74, 6) is 0.264. The number of carbonyl (C=O) groups excluding carboxylic acids is 1. The first-order chi connectivity index (χ1) is 11.7. The number of hydrogen-bond acceptors (Lipinski definition) is 4. The molecule has 0 fully saturated rings. The molecule has 0 atom stereocenters. The smallest absolute Gasteiger partial charge is 0.346 e. The van der Waals surface area contributed by atoms with Crippen LogP contribution in [0.1, 0.15) is 29.7 Å². The lowest BCUT2D eigenvalue weighted by Gasteiger charge is -2.17. The Morgan fingerprint density at radius 2 is 2.00 bits per heavy atom. The zero-order chi connectivity index (χ0) is 16.8. The first-order valence-electron chi connectivity index (χ1n) is 8.28. The summed E-state index contributed by atoms with van der Waals surface area (Å²) in [6.45, 7) is 0.615. The largest absolute Gasteiger partial charge is 0.355 e. The number of hydrogen-bond donors (Lipinski definition) is 2. The molecule has 1 aliphatic rings. The zero-order valence-electron chi connectivity index (χ0n) is 13.5. The second-order valence-corrected chi connectivity index (χ2v) is 6.85. The number of benzene rings is 1. The second kappa shape index (κ2) is 8.15. The molecule has 1 aromatic carbocycles. The third-order valence-electron chi connectivity index (χ3n) is 4.11. The highest BCUT2D eigenvalue weighted by Crippen LogP contribution is 2.26. The van der Waals surface area contributed by atoms with Crippen LogP contribution in [-0.4, -0.2) is 28.2 Å². The number of amides is 1. The summed E-state index contributed by atoms with van der Waals surface area (Å²) in [6, 6.07) is 10.1. The quantitative estimate of drug-likeness (QED) is 0.622. The van der Waals surface area contributed by atoms with Gasteiger partial charge in [0, 0.05) is 17.8 Å². The number of nitrogens with one attached hydrogen (secondary N) is 2. The summed E-state index contributed by atoms with van der Waals surface area (Å²) in [5, 5.41) is 3.64. The first-order valence-corrected chi connectivity index (χ1v) is 9.26. The van der Waals surface area contributed by atoms with Crippen LogP contribution >= 0.6 is 11.8 Å². The Morgan fingerprint density at radius 1 is 1.21 bits per heavy atom. The molecule has 1 heterocycles. The van der Waals surface area contributed by atoms with Gasteiger partial charge in [0.1, 0.15) is 5.03 Å². The standard InChI is InChI=1S/C18H21N3O2S/c22-16(19-11-10-13-6-2-1-3-7-13)12-24-17-14-8-4-5-9-15(14)20-18(23)21-17/h1-3,6-7H,4-5,8-12H2,(H,19,22)(H,20,21,23). The summed E-state index contributed by atoms with van der Waals surface area (Å²) < 4.78 is 0. The van der Waals surface area contributed by atoms with Crippen LogP contribution in [0.3, 0.4) is 0 Å². The third kappa shape index (κ3) is 4.47. The molecule has 0 unspecified atom stereocenters. The van der Waals surface area contributed by atoms with E-state index in [1.807, 2.05) is 30.3 Å². The van der Waals surface area contributed by atoms with E-state index in [0.29, 0.717) is 11.6 Å². The highest BCUT2D eigenvalue weighted by atomic mass is 32.2. The molecule has 6 heteroatoms. The molecule has 2 N–H and O–H groups in total. The van der Waals surface area contributed by atoms with Crippen LogP contribution in [0.4, 0.5) is 0 Å². The van der Waals surface area contributed by atoms with Crippen molar-refractivity contribution in [3.63, 3.8) is 0 Å². The van der Waals surface area contributed by atoms with Crippen molar-refractivity contribution < 1.29 is 4.79 Å². The van der Waals surface area contributed by atoms with Gasteiger partial charge in [-0.15, -0.1) is 0 Å². The molecule has 0 spiro atoms. The summed E-state index contributed by atoms with van der Waals surface area (Å²) in [6.07, 6.45) is 4.84. The monoisotopic (exact) mass is 343 g/mol. The number of carbonyl (C=O) groups is 1. The molecule has 1 aromatic heterocycles. The van der Waals surface area contributed by atoms with Crippen LogP contribution in [0.2, 0.25) is 0 Å². The maximum atomic E-state index is 12.0. The molecular formula is C18H21N3O2S. The molecule has 0 saturated heterocycles. The molecule has 1 amide bonds. The summed E-state index contributed by atoms with van der Waals surface area (Å²) in [4.78, 5) is 30.6. The number of H-pyrrole nitrogens is 1. The van der Waals surface area contributed by atoms with Gasteiger partial charge in [0.2, 0.25) is 5.91 Å². The zero-order valence-corrected chi connectivity index (χ0v) is 14.3. The van der Waals surface area contributed by atoms with Crippen molar-refractivity contribution in [1.29, 1.82) is 0 Å². The number of thioether (sulfide) groups is 1. The van der Waals surface area contributed by atoms with E-state index in [4.69, 9.17) is 0 Å². The van der Waals surface area contributed by atoms with E-state index in [9.17, 15) is 9.59 Å². The van der Waals surface area contributed by atoms with Gasteiger partial charge in [0.25, 0.3) is 0 Å². The van der Waals surface area contributed by atoms with Crippen molar-refractivity contribution >= 4 is 17.7 Å². The lowest BCUT2D eigenvalue weighted by Crippen LogP contribution is -2.27. The van der Waals surface area contributed by atoms with Crippen molar-refractivity contribution in [2.24, 2.45) is 0 Å². The minimum absolute atomic E-state index is 0.0254. The number of nitrogens with zero attached hydrogens (tertiary/aromatic N) is 1. The third-order valence-corrected chi connectivity index (χ3v) is 5.12. The normalized spacial score (nSPS) is 13.3. The molecule has 0 aliphatic heterocycles. The molecule has 24 heavy (non-hydrogen) atoms. The van der Waals surface area contributed by atoms with Gasteiger partial charge in [-0.1, -0.05) is 42.1 Å². The molecule has 5 nitrogen and oxygen atoms in total. The maximum Gasteiger partial charge on any atom is 0.346 e. The Labute approximate surface area is 145 Å². The molecule has 0 bridgehead atoms. The second-order valence-electron chi connectivity index (χ2n) is 5.89. The summed E-state index contributed by atoms with van der Waals surface area (Å²) in [7, 11) is 0. The minimum Gasteiger partial charge on any atom is -0.355 e. The maximum absolute atomic E-state index is 12.0. The van der Waals surface area contributed by atoms with Crippen molar-refractivity contribution in [3.05, 3.63) is 57.6 Å². The van der Waals surface area contributed by atoms with Crippen molar-refractivity contribution in [1.82, 2.24) is 15.3 Å². The highest BCUT2D eigenvalue weighted by molar-refractivity contribution is 7.99. The number of fused-ring (bicyclic) bond motifs is 1. The van der Waals surface area contributed by atoms with Crippen molar-refractivity contribution in [2.45, 2.75) is 37.1 Å². The fourth-order valence-corrected chi connectivity index (χ4v) is 3.81. The molecule has 1 aliphatic carbocycles. The van der Waals surface area contributed by atoms with E-state index in [1.54, 1.807) is 0 Å². The highest BCUT2D eigenvalue weighted by Gasteiger charge is 2.17. The van der Waals surface area contributed by atoms with Crippen molar-refractivity contribution in [3.8, 4) is 0 Å². The van der Waals surface area contributed by atoms with E-state index < -0.39 is 0 Å². The minimum atomic E-state index is -0.317. The fourth-order valence-electron chi connectivity index (χ4n) is 2.89. The average molecular weight is 343 g/mol. The first kappa shape index (κ1) is 16.8. The van der Waals surface area contributed by atoms with Gasteiger partial charge in [-0.3, -0.25) is 4.79 Å². The lowest BCUT2D eigenvalue weighted by atomic mass is 9.98. The number of aromatic amines is 1.